The van der Waals surface area contributed by atoms with Crippen LogP contribution >= 0.6 is 11.6 Å². The van der Waals surface area contributed by atoms with E-state index in [-0.39, 0.29) is 21.8 Å². The first-order valence-electron chi connectivity index (χ1n) is 12.1. The van der Waals surface area contributed by atoms with Gasteiger partial charge in [0.2, 0.25) is 15.9 Å². The molecule has 1 saturated heterocycles. The number of aromatic carboxylic acids is 1. The van der Waals surface area contributed by atoms with E-state index in [1.165, 1.54) is 34.6 Å². The predicted molar refractivity (Wildman–Crippen MR) is 145 cm³/mol. The molecule has 4 aromatic rings. The maximum absolute atomic E-state index is 13.3. The Morgan fingerprint density at radius 2 is 1.79 bits per heavy atom. The second-order valence-corrected chi connectivity index (χ2v) is 11.3. The number of hydrogen-bond acceptors (Lipinski definition) is 7. The van der Waals surface area contributed by atoms with E-state index in [2.05, 4.69) is 10.1 Å². The number of halogens is 4. The molecule has 2 aromatic heterocycles. The predicted octanol–water partition coefficient (Wildman–Crippen LogP) is 3.88. The number of carboxylic acids is 1. The minimum absolute atomic E-state index is 0.0161. The van der Waals surface area contributed by atoms with Gasteiger partial charge in [-0.3, -0.25) is 4.79 Å². The van der Waals surface area contributed by atoms with E-state index in [0.717, 1.165) is 12.3 Å². The number of nitrogens with zero attached hydrogens (tertiary/aromatic N) is 4. The monoisotopic (exact) mass is 625 g/mol. The number of benzene rings is 2. The van der Waals surface area contributed by atoms with Gasteiger partial charge in [-0.2, -0.15) is 22.6 Å². The lowest BCUT2D eigenvalue weighted by Crippen LogP contribution is -2.40. The van der Waals surface area contributed by atoms with Gasteiger partial charge in [0.15, 0.2) is 11.3 Å². The van der Waals surface area contributed by atoms with Crippen LogP contribution < -0.4 is 5.73 Å². The molecule has 1 aliphatic heterocycles. The van der Waals surface area contributed by atoms with E-state index in [0.29, 0.717) is 47.0 Å². The third-order valence-corrected chi connectivity index (χ3v) is 8.49. The van der Waals surface area contributed by atoms with Crippen molar-refractivity contribution in [1.29, 1.82) is 0 Å². The zero-order valence-corrected chi connectivity index (χ0v) is 23.4. The van der Waals surface area contributed by atoms with Crippen LogP contribution in [0.3, 0.4) is 0 Å². The number of aromatic nitrogens is 3. The first kappa shape index (κ1) is 30.9. The number of primary amides is 1. The van der Waals surface area contributed by atoms with Crippen LogP contribution in [0.15, 0.2) is 59.6 Å². The molecule has 1 fully saturated rings. The van der Waals surface area contributed by atoms with Gasteiger partial charge < -0.3 is 15.6 Å². The molecule has 0 atom stereocenters. The maximum Gasteiger partial charge on any atom is 0.433 e. The molecule has 1 aliphatic rings. The summed E-state index contributed by atoms with van der Waals surface area (Å²) in [5, 5.41) is 13.1. The molecular weight excluding hydrogens is 603 g/mol. The zero-order valence-electron chi connectivity index (χ0n) is 21.8. The highest BCUT2D eigenvalue weighted by molar-refractivity contribution is 7.89. The van der Waals surface area contributed by atoms with Gasteiger partial charge in [-0.05, 0) is 48.9 Å². The molecule has 42 heavy (non-hydrogen) atoms. The highest BCUT2D eigenvalue weighted by Gasteiger charge is 2.36. The lowest BCUT2D eigenvalue weighted by Gasteiger charge is -2.26. The highest BCUT2D eigenvalue weighted by Crippen LogP contribution is 2.33. The SMILES string of the molecule is Cc1cc(-c2cc(C(F)(F)F)n3ncc(C(=O)O)c3n2)ccc1Cl.NC(=O)c1cccc(S(=O)(=O)N2CCOCC2)c1. The maximum atomic E-state index is 13.3. The number of carbonyl (C=O) groups excluding carboxylic acids is 1. The van der Waals surface area contributed by atoms with Crippen LogP contribution in [0.5, 0.6) is 0 Å². The van der Waals surface area contributed by atoms with Gasteiger partial charge in [0, 0.05) is 29.2 Å². The van der Waals surface area contributed by atoms with Gasteiger partial charge in [0.25, 0.3) is 0 Å². The molecule has 0 saturated carbocycles. The number of morpholine rings is 1. The molecule has 0 spiro atoms. The van der Waals surface area contributed by atoms with Crippen LogP contribution in [0.2, 0.25) is 5.02 Å². The summed E-state index contributed by atoms with van der Waals surface area (Å²) in [5.41, 5.74) is 4.47. The summed E-state index contributed by atoms with van der Waals surface area (Å²) in [6, 6.07) is 11.2. The number of alkyl halides is 3. The summed E-state index contributed by atoms with van der Waals surface area (Å²) in [6.07, 6.45) is -3.88. The van der Waals surface area contributed by atoms with Gasteiger partial charge in [-0.1, -0.05) is 23.7 Å². The van der Waals surface area contributed by atoms with Crippen molar-refractivity contribution in [3.63, 3.8) is 0 Å². The molecule has 222 valence electrons. The van der Waals surface area contributed by atoms with Crippen molar-refractivity contribution < 1.29 is 41.0 Å². The third kappa shape index (κ3) is 6.54. The van der Waals surface area contributed by atoms with E-state index >= 15 is 0 Å². The van der Waals surface area contributed by atoms with Crippen LogP contribution in [0.4, 0.5) is 13.2 Å². The number of amides is 1. The summed E-state index contributed by atoms with van der Waals surface area (Å²) < 4.78 is 71.4. The zero-order chi connectivity index (χ0) is 30.8. The summed E-state index contributed by atoms with van der Waals surface area (Å²) >= 11 is 5.92. The fourth-order valence-corrected chi connectivity index (χ4v) is 5.59. The van der Waals surface area contributed by atoms with E-state index < -0.39 is 39.3 Å². The Morgan fingerprint density at radius 1 is 1.10 bits per heavy atom. The molecule has 5 rings (SSSR count). The molecule has 11 nitrogen and oxygen atoms in total. The van der Waals surface area contributed by atoms with E-state index in [9.17, 15) is 31.2 Å². The number of aryl methyl sites for hydroxylation is 1. The van der Waals surface area contributed by atoms with Crippen molar-refractivity contribution in [2.75, 3.05) is 26.3 Å². The van der Waals surface area contributed by atoms with Crippen molar-refractivity contribution in [3.8, 4) is 11.3 Å². The van der Waals surface area contributed by atoms with Crippen molar-refractivity contribution in [1.82, 2.24) is 18.9 Å². The Bertz CT molecular complexity index is 1770. The molecule has 3 heterocycles. The van der Waals surface area contributed by atoms with Crippen LogP contribution in [0, 0.1) is 6.92 Å². The van der Waals surface area contributed by atoms with Crippen molar-refractivity contribution in [2.45, 2.75) is 18.0 Å². The molecule has 0 radical (unpaired) electrons. The molecule has 0 aliphatic carbocycles. The van der Waals surface area contributed by atoms with Crippen LogP contribution in [0.25, 0.3) is 16.9 Å². The molecule has 0 unspecified atom stereocenters. The van der Waals surface area contributed by atoms with Gasteiger partial charge in [0.05, 0.1) is 30.0 Å². The van der Waals surface area contributed by atoms with Crippen molar-refractivity contribution in [2.24, 2.45) is 5.73 Å². The minimum atomic E-state index is -4.72. The molecule has 0 bridgehead atoms. The van der Waals surface area contributed by atoms with Gasteiger partial charge in [0.1, 0.15) is 5.56 Å². The summed E-state index contributed by atoms with van der Waals surface area (Å²) in [7, 11) is -3.57. The second kappa shape index (κ2) is 12.1. The number of carboxylic acid groups (broad SMARTS) is 1. The summed E-state index contributed by atoms with van der Waals surface area (Å²) in [5.74, 6) is -2.05. The Kier molecular flexibility index (Phi) is 8.87. The molecule has 2 aromatic carbocycles. The number of nitrogens with two attached hydrogens (primary N) is 1. The minimum Gasteiger partial charge on any atom is -0.477 e. The lowest BCUT2D eigenvalue weighted by atomic mass is 10.1. The molecule has 1 amide bonds. The van der Waals surface area contributed by atoms with Gasteiger partial charge in [-0.15, -0.1) is 0 Å². The number of fused-ring (bicyclic) bond motifs is 1. The topological polar surface area (TPSA) is 157 Å². The number of rotatable bonds is 5. The number of carbonyl (C=O) groups is 2. The van der Waals surface area contributed by atoms with Gasteiger partial charge in [-0.25, -0.2) is 22.7 Å². The average Bonchev–Trinajstić information content (AvgIpc) is 3.39. The largest absolute Gasteiger partial charge is 0.477 e. The Morgan fingerprint density at radius 3 is 2.38 bits per heavy atom. The third-order valence-electron chi connectivity index (χ3n) is 6.17. The second-order valence-electron chi connectivity index (χ2n) is 9.00. The summed E-state index contributed by atoms with van der Waals surface area (Å²) in [4.78, 5) is 26.4. The quantitative estimate of drug-likeness (QED) is 0.338. The van der Waals surface area contributed by atoms with E-state index in [4.69, 9.17) is 27.2 Å². The molecule has 3 N–H and O–H groups in total. The van der Waals surface area contributed by atoms with E-state index in [1.807, 2.05) is 0 Å². The summed E-state index contributed by atoms with van der Waals surface area (Å²) in [6.45, 7) is 3.12. The molecule has 16 heteroatoms. The normalized spacial score (nSPS) is 14.3. The van der Waals surface area contributed by atoms with Crippen molar-refractivity contribution >= 4 is 39.1 Å². The first-order valence-corrected chi connectivity index (χ1v) is 14.0. The van der Waals surface area contributed by atoms with Gasteiger partial charge >= 0.3 is 12.1 Å². The smallest absolute Gasteiger partial charge is 0.433 e. The van der Waals surface area contributed by atoms with Crippen LogP contribution in [0.1, 0.15) is 32.0 Å². The fourth-order valence-electron chi connectivity index (χ4n) is 4.01. The number of sulfonamides is 1. The first-order chi connectivity index (χ1) is 19.7. The van der Waals surface area contributed by atoms with Crippen LogP contribution in [-0.2, 0) is 20.9 Å². The van der Waals surface area contributed by atoms with Crippen molar-refractivity contribution in [3.05, 3.63) is 82.1 Å². The lowest BCUT2D eigenvalue weighted by molar-refractivity contribution is -0.142. The molecular formula is C26H23ClF3N5O6S. The fraction of sp³-hybridized carbons (Fsp3) is 0.231. The Labute approximate surface area is 242 Å². The van der Waals surface area contributed by atoms with E-state index in [1.54, 1.807) is 19.1 Å². The van der Waals surface area contributed by atoms with Crippen LogP contribution in [-0.4, -0.2) is 70.6 Å². The number of hydrogen-bond donors (Lipinski definition) is 2. The average molecular weight is 626 g/mol. The highest BCUT2D eigenvalue weighted by atomic mass is 35.5. The Balaban J connectivity index is 0.000000201. The Hall–Kier alpha value is -4.05. The number of ether oxygens (including phenoxy) is 1. The standard InChI is InChI=1S/C15H9ClF3N3O2.C11H14N2O4S/c1-7-4-8(2-3-10(7)16)11-5-12(15(17,18)19)22-13(21-11)9(6-20-22)14(23)24;12-11(14)9-2-1-3-10(8-9)18(15,16)13-4-6-17-7-5-13/h2-6H,1H3,(H,23,24);1-3,8H,4-7H2,(H2,12,14).